The zero-order chi connectivity index (χ0) is 20.5. The molecule has 4 rings (SSSR count). The van der Waals surface area contributed by atoms with Crippen LogP contribution in [0.1, 0.15) is 43.2 Å². The number of benzene rings is 2. The van der Waals surface area contributed by atoms with Gasteiger partial charge in [-0.15, -0.1) is 0 Å². The first kappa shape index (κ1) is 18.9. The van der Waals surface area contributed by atoms with Crippen molar-refractivity contribution in [1.29, 1.82) is 0 Å². The Kier molecular flexibility index (Phi) is 4.88. The summed E-state index contributed by atoms with van der Waals surface area (Å²) in [5.74, 6) is -0.377. The number of carbonyl (C=O) groups is 2. The van der Waals surface area contributed by atoms with Gasteiger partial charge in [-0.25, -0.2) is 4.68 Å². The molecule has 2 aromatic carbocycles. The molecule has 29 heavy (non-hydrogen) atoms. The molecule has 0 radical (unpaired) electrons. The number of para-hydroxylation sites is 2. The van der Waals surface area contributed by atoms with Crippen LogP contribution < -0.4 is 15.8 Å². The fourth-order valence-corrected chi connectivity index (χ4v) is 3.62. The number of fused-ring (bicyclic) bond motifs is 1. The van der Waals surface area contributed by atoms with Gasteiger partial charge in [-0.1, -0.05) is 30.3 Å². The van der Waals surface area contributed by atoms with Crippen LogP contribution in [0.15, 0.2) is 53.3 Å². The number of nitrogens with one attached hydrogen (secondary N) is 1. The Bertz CT molecular complexity index is 1170. The van der Waals surface area contributed by atoms with Crippen molar-refractivity contribution in [3.8, 4) is 0 Å². The topological polar surface area (TPSA) is 84.3 Å². The monoisotopic (exact) mass is 390 g/mol. The third-order valence-corrected chi connectivity index (χ3v) is 5.05. The average molecular weight is 390 g/mol. The van der Waals surface area contributed by atoms with Crippen LogP contribution in [-0.4, -0.2) is 28.1 Å². The Labute approximate surface area is 167 Å². The molecule has 1 saturated heterocycles. The van der Waals surface area contributed by atoms with Crippen molar-refractivity contribution in [1.82, 2.24) is 9.78 Å². The minimum atomic E-state index is -0.422. The van der Waals surface area contributed by atoms with E-state index >= 15 is 0 Å². The minimum Gasteiger partial charge on any atom is -0.319 e. The van der Waals surface area contributed by atoms with Crippen LogP contribution in [-0.2, 0) is 4.79 Å². The second kappa shape index (κ2) is 7.50. The van der Waals surface area contributed by atoms with E-state index in [2.05, 4.69) is 10.4 Å². The fourth-order valence-electron chi connectivity index (χ4n) is 3.62. The molecule has 0 saturated carbocycles. The quantitative estimate of drug-likeness (QED) is 0.740. The molecule has 1 N–H and O–H groups in total. The van der Waals surface area contributed by atoms with Crippen LogP contribution in [0.3, 0.4) is 0 Å². The molecule has 7 nitrogen and oxygen atoms in total. The molecule has 7 heteroatoms. The van der Waals surface area contributed by atoms with E-state index in [4.69, 9.17) is 0 Å². The van der Waals surface area contributed by atoms with E-state index in [0.717, 1.165) is 6.42 Å². The van der Waals surface area contributed by atoms with E-state index in [1.165, 1.54) is 4.68 Å². The first-order valence-electron chi connectivity index (χ1n) is 9.69. The zero-order valence-electron chi connectivity index (χ0n) is 16.4. The highest BCUT2D eigenvalue weighted by molar-refractivity contribution is 6.13. The third kappa shape index (κ3) is 3.40. The first-order chi connectivity index (χ1) is 14.0. The second-order valence-corrected chi connectivity index (χ2v) is 7.36. The minimum absolute atomic E-state index is 0.0450. The van der Waals surface area contributed by atoms with Gasteiger partial charge < -0.3 is 10.2 Å². The molecule has 0 bridgehead atoms. The van der Waals surface area contributed by atoms with E-state index in [1.807, 2.05) is 26.0 Å². The highest BCUT2D eigenvalue weighted by Crippen LogP contribution is 2.30. The van der Waals surface area contributed by atoms with Gasteiger partial charge in [-0.2, -0.15) is 5.10 Å². The Morgan fingerprint density at radius 2 is 1.72 bits per heavy atom. The molecule has 1 aromatic heterocycles. The van der Waals surface area contributed by atoms with Crippen LogP contribution in [0.5, 0.6) is 0 Å². The molecule has 0 spiro atoms. The van der Waals surface area contributed by atoms with Crippen molar-refractivity contribution in [2.75, 3.05) is 16.8 Å². The summed E-state index contributed by atoms with van der Waals surface area (Å²) < 4.78 is 1.33. The van der Waals surface area contributed by atoms with Gasteiger partial charge in [0.05, 0.1) is 22.8 Å². The van der Waals surface area contributed by atoms with Crippen molar-refractivity contribution in [2.45, 2.75) is 32.7 Å². The van der Waals surface area contributed by atoms with Crippen molar-refractivity contribution < 1.29 is 9.59 Å². The number of amides is 2. The van der Waals surface area contributed by atoms with Gasteiger partial charge in [0.15, 0.2) is 5.69 Å². The largest absolute Gasteiger partial charge is 0.319 e. The first-order valence-corrected chi connectivity index (χ1v) is 9.69. The summed E-state index contributed by atoms with van der Waals surface area (Å²) in [5.41, 5.74) is 1.16. The molecular formula is C22H22N4O3. The van der Waals surface area contributed by atoms with Crippen molar-refractivity contribution in [2.24, 2.45) is 0 Å². The van der Waals surface area contributed by atoms with Crippen molar-refractivity contribution in [3.05, 3.63) is 64.6 Å². The molecule has 2 heterocycles. The lowest BCUT2D eigenvalue weighted by atomic mass is 10.1. The smallest absolute Gasteiger partial charge is 0.276 e. The van der Waals surface area contributed by atoms with Gasteiger partial charge in [-0.3, -0.25) is 14.4 Å². The lowest BCUT2D eigenvalue weighted by molar-refractivity contribution is -0.117. The Morgan fingerprint density at radius 3 is 2.41 bits per heavy atom. The Morgan fingerprint density at radius 1 is 1.03 bits per heavy atom. The number of aromatic nitrogens is 2. The Hall–Kier alpha value is -3.48. The summed E-state index contributed by atoms with van der Waals surface area (Å²) in [6.07, 6.45) is 1.31. The lowest BCUT2D eigenvalue weighted by Gasteiger charge is -2.20. The van der Waals surface area contributed by atoms with E-state index in [1.54, 1.807) is 41.3 Å². The normalized spacial score (nSPS) is 14.0. The van der Waals surface area contributed by atoms with Crippen molar-refractivity contribution in [3.63, 3.8) is 0 Å². The molecular weight excluding hydrogens is 368 g/mol. The summed E-state index contributed by atoms with van der Waals surface area (Å²) in [6.45, 7) is 4.32. The van der Waals surface area contributed by atoms with Gasteiger partial charge >= 0.3 is 0 Å². The van der Waals surface area contributed by atoms with Crippen LogP contribution in [0.2, 0.25) is 0 Å². The molecule has 0 atom stereocenters. The molecule has 2 amide bonds. The molecule has 1 aliphatic rings. The predicted molar refractivity (Wildman–Crippen MR) is 112 cm³/mol. The van der Waals surface area contributed by atoms with Gasteiger partial charge in [0.1, 0.15) is 0 Å². The maximum Gasteiger partial charge on any atom is 0.276 e. The number of rotatable bonds is 4. The SMILES string of the molecule is CC(C)n1nc(C(=O)Nc2ccccc2N2CCCC2=O)c2ccccc2c1=O. The van der Waals surface area contributed by atoms with Crippen molar-refractivity contribution >= 4 is 34.0 Å². The van der Waals surface area contributed by atoms with Gasteiger partial charge in [0.25, 0.3) is 11.5 Å². The molecule has 3 aromatic rings. The second-order valence-electron chi connectivity index (χ2n) is 7.36. The summed E-state index contributed by atoms with van der Waals surface area (Å²) in [7, 11) is 0. The number of carbonyl (C=O) groups excluding carboxylic acids is 2. The average Bonchev–Trinajstić information content (AvgIpc) is 3.14. The molecule has 148 valence electrons. The lowest BCUT2D eigenvalue weighted by Crippen LogP contribution is -2.29. The molecule has 1 aliphatic heterocycles. The maximum absolute atomic E-state index is 13.2. The number of hydrogen-bond donors (Lipinski definition) is 1. The van der Waals surface area contributed by atoms with Crippen LogP contribution in [0.4, 0.5) is 11.4 Å². The highest BCUT2D eigenvalue weighted by atomic mass is 16.2. The van der Waals surface area contributed by atoms with Gasteiger partial charge in [0, 0.05) is 18.4 Å². The fraction of sp³-hybridized carbons (Fsp3) is 0.273. The molecule has 0 unspecified atom stereocenters. The summed E-state index contributed by atoms with van der Waals surface area (Å²) in [4.78, 5) is 39.7. The Balaban J connectivity index is 1.77. The highest BCUT2D eigenvalue weighted by Gasteiger charge is 2.25. The molecule has 1 fully saturated rings. The standard InChI is InChI=1S/C22H22N4O3/c1-14(2)26-22(29)16-9-4-3-8-15(16)20(24-26)21(28)23-17-10-5-6-11-18(17)25-13-7-12-19(25)27/h3-6,8-11,14H,7,12-13H2,1-2H3,(H,23,28). The zero-order valence-corrected chi connectivity index (χ0v) is 16.4. The van der Waals surface area contributed by atoms with E-state index < -0.39 is 5.91 Å². The maximum atomic E-state index is 13.2. The van der Waals surface area contributed by atoms with Crippen LogP contribution in [0, 0.1) is 0 Å². The van der Waals surface area contributed by atoms with Crippen LogP contribution >= 0.6 is 0 Å². The van der Waals surface area contributed by atoms with E-state index in [0.29, 0.717) is 35.1 Å². The number of nitrogens with zero attached hydrogens (tertiary/aromatic N) is 3. The third-order valence-electron chi connectivity index (χ3n) is 5.05. The van der Waals surface area contributed by atoms with Gasteiger partial charge in [-0.05, 0) is 38.5 Å². The number of hydrogen-bond acceptors (Lipinski definition) is 4. The number of anilines is 2. The molecule has 0 aliphatic carbocycles. The summed E-state index contributed by atoms with van der Waals surface area (Å²) >= 11 is 0. The predicted octanol–water partition coefficient (Wildman–Crippen LogP) is 3.36. The summed E-state index contributed by atoms with van der Waals surface area (Å²) in [6, 6.07) is 14.0. The van der Waals surface area contributed by atoms with E-state index in [-0.39, 0.29) is 23.2 Å². The van der Waals surface area contributed by atoms with E-state index in [9.17, 15) is 14.4 Å². The van der Waals surface area contributed by atoms with Gasteiger partial charge in [0.2, 0.25) is 5.91 Å². The van der Waals surface area contributed by atoms with Crippen LogP contribution in [0.25, 0.3) is 10.8 Å². The summed E-state index contributed by atoms with van der Waals surface area (Å²) in [5, 5.41) is 8.19.